The maximum atomic E-state index is 13.3. The summed E-state index contributed by atoms with van der Waals surface area (Å²) >= 11 is 0. The molecule has 1 aromatic rings. The zero-order valence-corrected chi connectivity index (χ0v) is 17.2. The molecule has 0 radical (unpaired) electrons. The lowest BCUT2D eigenvalue weighted by Crippen LogP contribution is -2.47. The predicted octanol–water partition coefficient (Wildman–Crippen LogP) is 2.49. The Hall–Kier alpha value is -1.60. The van der Waals surface area contributed by atoms with E-state index in [0.717, 1.165) is 11.3 Å². The van der Waals surface area contributed by atoms with E-state index in [4.69, 9.17) is 4.74 Å². The minimum absolute atomic E-state index is 0.0950. The fraction of sp³-hybridized carbons (Fsp3) is 0.650. The largest absolute Gasteiger partial charge is 0.497 e. The number of piperidine rings is 1. The molecule has 1 saturated carbocycles. The first-order valence-corrected chi connectivity index (χ1v) is 11.5. The summed E-state index contributed by atoms with van der Waals surface area (Å²) < 4.78 is 30.1. The average molecular weight is 395 g/mol. The van der Waals surface area contributed by atoms with Crippen molar-refractivity contribution in [3.05, 3.63) is 29.8 Å². The highest BCUT2D eigenvalue weighted by Crippen LogP contribution is 2.37. The van der Waals surface area contributed by atoms with Crippen LogP contribution >= 0.6 is 0 Å². The second kappa shape index (κ2) is 8.19. The van der Waals surface area contributed by atoms with Gasteiger partial charge in [0.05, 0.1) is 13.4 Å². The van der Waals surface area contributed by atoms with E-state index in [9.17, 15) is 13.2 Å². The topological polar surface area (TPSA) is 66.9 Å². The van der Waals surface area contributed by atoms with Gasteiger partial charge < -0.3 is 9.64 Å². The van der Waals surface area contributed by atoms with E-state index < -0.39 is 10.0 Å². The first-order valence-electron chi connectivity index (χ1n) is 9.68. The van der Waals surface area contributed by atoms with Crippen molar-refractivity contribution >= 4 is 15.9 Å². The van der Waals surface area contributed by atoms with Crippen LogP contribution in [0.2, 0.25) is 0 Å². The summed E-state index contributed by atoms with van der Waals surface area (Å²) in [6.45, 7) is 3.60. The number of carbonyl (C=O) groups is 1. The van der Waals surface area contributed by atoms with Gasteiger partial charge in [-0.3, -0.25) is 4.79 Å². The molecule has 1 aromatic carbocycles. The maximum absolute atomic E-state index is 13.3. The Morgan fingerprint density at radius 1 is 1.19 bits per heavy atom. The first kappa shape index (κ1) is 20.1. The van der Waals surface area contributed by atoms with Crippen molar-refractivity contribution in [2.24, 2.45) is 11.8 Å². The van der Waals surface area contributed by atoms with Gasteiger partial charge in [0.2, 0.25) is 15.9 Å². The van der Waals surface area contributed by atoms with E-state index in [1.807, 2.05) is 29.2 Å². The maximum Gasteiger partial charge on any atom is 0.226 e. The number of hydrogen-bond donors (Lipinski definition) is 0. The minimum Gasteiger partial charge on any atom is -0.497 e. The number of hydrogen-bond acceptors (Lipinski definition) is 4. The molecule has 1 heterocycles. The number of benzene rings is 1. The van der Waals surface area contributed by atoms with E-state index in [1.54, 1.807) is 7.11 Å². The molecular weight excluding hydrogens is 364 g/mol. The van der Waals surface area contributed by atoms with E-state index >= 15 is 0 Å². The summed E-state index contributed by atoms with van der Waals surface area (Å²) in [6, 6.07) is 8.07. The van der Waals surface area contributed by atoms with Crippen LogP contribution < -0.4 is 4.74 Å². The van der Waals surface area contributed by atoms with Crippen molar-refractivity contribution in [1.29, 1.82) is 0 Å². The third kappa shape index (κ3) is 5.02. The van der Waals surface area contributed by atoms with E-state index in [1.165, 1.54) is 23.4 Å². The highest BCUT2D eigenvalue weighted by molar-refractivity contribution is 7.88. The molecule has 0 bridgehead atoms. The van der Waals surface area contributed by atoms with Crippen molar-refractivity contribution in [2.45, 2.75) is 45.2 Å². The Kier molecular flexibility index (Phi) is 6.11. The fourth-order valence-electron chi connectivity index (χ4n) is 3.85. The van der Waals surface area contributed by atoms with Gasteiger partial charge in [-0.2, -0.15) is 0 Å². The zero-order chi connectivity index (χ0) is 19.6. The number of nitrogens with zero attached hydrogens (tertiary/aromatic N) is 2. The lowest BCUT2D eigenvalue weighted by Gasteiger charge is -2.36. The monoisotopic (exact) mass is 394 g/mol. The standard InChI is InChI=1S/C20H30N2O4S/c1-15(17-6-7-17)22(14-16-4-8-19(26-2)9-5-16)20(23)18-10-12-21(13-11-18)27(3,24)25/h4-5,8-9,15,17-18H,6-7,10-14H2,1-3H3. The Balaban J connectivity index is 1.69. The van der Waals surface area contributed by atoms with Crippen LogP contribution in [0.4, 0.5) is 0 Å². The summed E-state index contributed by atoms with van der Waals surface area (Å²) in [4.78, 5) is 15.3. The molecular formula is C20H30N2O4S. The van der Waals surface area contributed by atoms with Gasteiger partial charge in [-0.05, 0) is 56.2 Å². The van der Waals surface area contributed by atoms with Crippen molar-refractivity contribution in [3.63, 3.8) is 0 Å². The number of sulfonamides is 1. The highest BCUT2D eigenvalue weighted by Gasteiger charge is 2.38. The van der Waals surface area contributed by atoms with E-state index in [0.29, 0.717) is 38.4 Å². The highest BCUT2D eigenvalue weighted by atomic mass is 32.2. The molecule has 0 aromatic heterocycles. The molecule has 1 amide bonds. The molecule has 150 valence electrons. The smallest absolute Gasteiger partial charge is 0.226 e. The summed E-state index contributed by atoms with van der Waals surface area (Å²) in [5, 5.41) is 0. The third-order valence-corrected chi connectivity index (χ3v) is 7.17. The van der Waals surface area contributed by atoms with Gasteiger partial charge in [0.25, 0.3) is 0 Å². The third-order valence-electron chi connectivity index (χ3n) is 5.86. The molecule has 3 rings (SSSR count). The summed E-state index contributed by atoms with van der Waals surface area (Å²) in [7, 11) is -1.53. The molecule has 1 aliphatic carbocycles. The van der Waals surface area contributed by atoms with Gasteiger partial charge in [-0.25, -0.2) is 12.7 Å². The van der Waals surface area contributed by atoms with Crippen molar-refractivity contribution in [2.75, 3.05) is 26.5 Å². The number of rotatable bonds is 7. The molecule has 1 atom stereocenters. The van der Waals surface area contributed by atoms with Crippen LogP contribution in [0, 0.1) is 11.8 Å². The molecule has 0 N–H and O–H groups in total. The first-order chi connectivity index (χ1) is 12.8. The van der Waals surface area contributed by atoms with E-state index in [-0.39, 0.29) is 17.9 Å². The molecule has 1 aliphatic heterocycles. The quantitative estimate of drug-likeness (QED) is 0.713. The van der Waals surface area contributed by atoms with Crippen LogP contribution in [-0.2, 0) is 21.4 Å². The molecule has 0 spiro atoms. The van der Waals surface area contributed by atoms with Crippen molar-refractivity contribution in [3.8, 4) is 5.75 Å². The van der Waals surface area contributed by atoms with Gasteiger partial charge in [0, 0.05) is 31.6 Å². The number of ether oxygens (including phenoxy) is 1. The van der Waals surface area contributed by atoms with Crippen LogP contribution in [0.25, 0.3) is 0 Å². The van der Waals surface area contributed by atoms with Gasteiger partial charge in [0.1, 0.15) is 5.75 Å². The van der Waals surface area contributed by atoms with Crippen molar-refractivity contribution < 1.29 is 17.9 Å². The Bertz CT molecular complexity index is 751. The zero-order valence-electron chi connectivity index (χ0n) is 16.4. The van der Waals surface area contributed by atoms with Gasteiger partial charge in [-0.15, -0.1) is 0 Å². The van der Waals surface area contributed by atoms with Crippen LogP contribution in [0.3, 0.4) is 0 Å². The Morgan fingerprint density at radius 3 is 2.26 bits per heavy atom. The van der Waals surface area contributed by atoms with Crippen LogP contribution in [0.15, 0.2) is 24.3 Å². The Morgan fingerprint density at radius 2 is 1.78 bits per heavy atom. The molecule has 2 fully saturated rings. The normalized spacial score (nSPS) is 20.3. The van der Waals surface area contributed by atoms with Gasteiger partial charge in [0.15, 0.2) is 0 Å². The lowest BCUT2D eigenvalue weighted by atomic mass is 9.95. The number of methoxy groups -OCH3 is 1. The molecule has 27 heavy (non-hydrogen) atoms. The van der Waals surface area contributed by atoms with Crippen LogP contribution in [0.5, 0.6) is 5.75 Å². The van der Waals surface area contributed by atoms with Crippen LogP contribution in [-0.4, -0.2) is 56.0 Å². The second-order valence-corrected chi connectivity index (χ2v) is 9.81. The predicted molar refractivity (Wildman–Crippen MR) is 105 cm³/mol. The summed E-state index contributed by atoms with van der Waals surface area (Å²) in [6.07, 6.45) is 4.80. The molecule has 1 unspecified atom stereocenters. The fourth-order valence-corrected chi connectivity index (χ4v) is 4.73. The molecule has 1 saturated heterocycles. The van der Waals surface area contributed by atoms with E-state index in [2.05, 4.69) is 6.92 Å². The summed E-state index contributed by atoms with van der Waals surface area (Å²) in [5.74, 6) is 1.46. The Labute approximate surface area is 162 Å². The van der Waals surface area contributed by atoms with Gasteiger partial charge in [-0.1, -0.05) is 12.1 Å². The molecule has 6 nitrogen and oxygen atoms in total. The molecule has 7 heteroatoms. The number of carbonyl (C=O) groups excluding carboxylic acids is 1. The van der Waals surface area contributed by atoms with Crippen LogP contribution in [0.1, 0.15) is 38.2 Å². The summed E-state index contributed by atoms with van der Waals surface area (Å²) in [5.41, 5.74) is 1.09. The van der Waals surface area contributed by atoms with Gasteiger partial charge >= 0.3 is 0 Å². The average Bonchev–Trinajstić information content (AvgIpc) is 3.50. The lowest BCUT2D eigenvalue weighted by molar-refractivity contribution is -0.140. The minimum atomic E-state index is -3.17. The SMILES string of the molecule is COc1ccc(CN(C(=O)C2CCN(S(C)(=O)=O)CC2)C(C)C2CC2)cc1. The molecule has 2 aliphatic rings. The number of amides is 1. The van der Waals surface area contributed by atoms with Crippen molar-refractivity contribution in [1.82, 2.24) is 9.21 Å². The second-order valence-electron chi connectivity index (χ2n) is 7.83.